The molecule has 9 heteroatoms. The number of carbonyl (C=O) groups is 1. The number of esters is 1. The second-order valence-corrected chi connectivity index (χ2v) is 8.28. The highest BCUT2D eigenvalue weighted by atomic mass is 79.9. The summed E-state index contributed by atoms with van der Waals surface area (Å²) in [6.45, 7) is 5.65. The molecule has 3 rings (SSSR count). The topological polar surface area (TPSA) is 100 Å². The van der Waals surface area contributed by atoms with Crippen molar-refractivity contribution in [3.8, 4) is 0 Å². The van der Waals surface area contributed by atoms with Crippen LogP contribution < -0.4 is 10.6 Å². The van der Waals surface area contributed by atoms with Gasteiger partial charge in [0.1, 0.15) is 0 Å². The molecule has 1 atom stereocenters. The molecule has 3 N–H and O–H groups in total. The van der Waals surface area contributed by atoms with Gasteiger partial charge in [0, 0.05) is 37.1 Å². The van der Waals surface area contributed by atoms with Crippen LogP contribution in [0.15, 0.2) is 28.7 Å². The van der Waals surface area contributed by atoms with Gasteiger partial charge in [0.15, 0.2) is 0 Å². The lowest BCUT2D eigenvalue weighted by molar-refractivity contribution is -0.141. The molecule has 0 saturated carbocycles. The number of aromatic nitrogens is 3. The van der Waals surface area contributed by atoms with E-state index in [-0.39, 0.29) is 11.9 Å². The van der Waals surface area contributed by atoms with Gasteiger partial charge in [-0.25, -0.2) is 5.10 Å². The van der Waals surface area contributed by atoms with Gasteiger partial charge in [0.05, 0.1) is 6.61 Å². The number of halogens is 1. The second-order valence-electron chi connectivity index (χ2n) is 7.37. The SMILES string of the molecule is CC(=O)OCCCC1CN(c2nc(N)n[nH]2)CCN1CCCc1ccc(Br)cc1. The molecule has 1 aliphatic rings. The number of nitrogen functional groups attached to an aromatic ring is 1. The Morgan fingerprint density at radius 1 is 1.31 bits per heavy atom. The van der Waals surface area contributed by atoms with E-state index in [0.717, 1.165) is 62.3 Å². The van der Waals surface area contributed by atoms with E-state index in [1.54, 1.807) is 0 Å². The molecule has 1 saturated heterocycles. The quantitative estimate of drug-likeness (QED) is 0.434. The number of aromatic amines is 1. The fourth-order valence-electron chi connectivity index (χ4n) is 3.73. The number of hydrogen-bond donors (Lipinski definition) is 2. The Morgan fingerprint density at radius 2 is 2.10 bits per heavy atom. The van der Waals surface area contributed by atoms with Crippen molar-refractivity contribution in [1.82, 2.24) is 20.1 Å². The number of hydrogen-bond acceptors (Lipinski definition) is 7. The third kappa shape index (κ3) is 6.71. The van der Waals surface area contributed by atoms with Crippen LogP contribution in [0.5, 0.6) is 0 Å². The maximum Gasteiger partial charge on any atom is 0.302 e. The summed E-state index contributed by atoms with van der Waals surface area (Å²) >= 11 is 3.49. The number of nitrogens with one attached hydrogen (secondary N) is 1. The van der Waals surface area contributed by atoms with Crippen molar-refractivity contribution >= 4 is 33.8 Å². The predicted octanol–water partition coefficient (Wildman–Crippen LogP) is 2.62. The lowest BCUT2D eigenvalue weighted by Crippen LogP contribution is -2.53. The first-order valence-corrected chi connectivity index (χ1v) is 10.9. The number of carbonyl (C=O) groups excluding carboxylic acids is 1. The van der Waals surface area contributed by atoms with E-state index in [1.807, 2.05) is 0 Å². The van der Waals surface area contributed by atoms with Gasteiger partial charge in [0.2, 0.25) is 11.9 Å². The van der Waals surface area contributed by atoms with Crippen molar-refractivity contribution in [1.29, 1.82) is 0 Å². The van der Waals surface area contributed by atoms with Crippen molar-refractivity contribution in [3.63, 3.8) is 0 Å². The van der Waals surface area contributed by atoms with E-state index >= 15 is 0 Å². The minimum absolute atomic E-state index is 0.223. The maximum absolute atomic E-state index is 11.0. The van der Waals surface area contributed by atoms with Crippen LogP contribution in [0, 0.1) is 0 Å². The Hall–Kier alpha value is -2.13. The Balaban J connectivity index is 1.54. The molecule has 2 heterocycles. The molecule has 1 aliphatic heterocycles. The van der Waals surface area contributed by atoms with Gasteiger partial charge in [0.25, 0.3) is 0 Å². The number of ether oxygens (including phenoxy) is 1. The molecule has 0 amide bonds. The summed E-state index contributed by atoms with van der Waals surface area (Å²) in [5.74, 6) is 0.768. The van der Waals surface area contributed by atoms with E-state index in [0.29, 0.717) is 12.6 Å². The lowest BCUT2D eigenvalue weighted by Gasteiger charge is -2.41. The van der Waals surface area contributed by atoms with E-state index < -0.39 is 0 Å². The average molecular weight is 465 g/mol. The molecule has 1 unspecified atom stereocenters. The molecule has 0 bridgehead atoms. The zero-order chi connectivity index (χ0) is 20.6. The molecule has 1 aromatic carbocycles. The number of rotatable bonds is 9. The first-order valence-electron chi connectivity index (χ1n) is 10.1. The molecule has 2 aromatic rings. The number of piperazine rings is 1. The Morgan fingerprint density at radius 3 is 2.79 bits per heavy atom. The summed E-state index contributed by atoms with van der Waals surface area (Å²) in [6, 6.07) is 8.90. The van der Waals surface area contributed by atoms with Crippen LogP contribution in [-0.2, 0) is 16.0 Å². The van der Waals surface area contributed by atoms with Gasteiger partial charge in [-0.2, -0.15) is 4.98 Å². The summed E-state index contributed by atoms with van der Waals surface area (Å²) in [6.07, 6.45) is 3.98. The summed E-state index contributed by atoms with van der Waals surface area (Å²) in [5, 5.41) is 6.86. The first-order chi connectivity index (χ1) is 14.0. The van der Waals surface area contributed by atoms with Crippen LogP contribution in [-0.4, -0.2) is 64.9 Å². The van der Waals surface area contributed by atoms with Gasteiger partial charge in [-0.3, -0.25) is 9.69 Å². The standard InChI is InChI=1S/C20H29BrN6O2/c1-15(28)29-13-3-5-18-14-27(20-23-19(22)24-25-20)12-11-26(18)10-2-4-16-6-8-17(21)9-7-16/h6-9,18H,2-5,10-14H2,1H3,(H3,22,23,24,25). The zero-order valence-electron chi connectivity index (χ0n) is 16.8. The highest BCUT2D eigenvalue weighted by Crippen LogP contribution is 2.20. The number of nitrogens with zero attached hydrogens (tertiary/aromatic N) is 4. The smallest absolute Gasteiger partial charge is 0.302 e. The molecule has 29 heavy (non-hydrogen) atoms. The first kappa shape index (κ1) is 21.6. The fraction of sp³-hybridized carbons (Fsp3) is 0.550. The lowest BCUT2D eigenvalue weighted by atomic mass is 10.0. The van der Waals surface area contributed by atoms with Crippen LogP contribution in [0.3, 0.4) is 0 Å². The number of H-pyrrole nitrogens is 1. The van der Waals surface area contributed by atoms with Crippen molar-refractivity contribution < 1.29 is 9.53 Å². The number of nitrogens with two attached hydrogens (primary N) is 1. The summed E-state index contributed by atoms with van der Waals surface area (Å²) in [5.41, 5.74) is 7.02. The molecule has 0 spiro atoms. The fourth-order valence-corrected chi connectivity index (χ4v) is 4.00. The summed E-state index contributed by atoms with van der Waals surface area (Å²) in [4.78, 5) is 20.0. The van der Waals surface area contributed by atoms with Crippen LogP contribution in [0.4, 0.5) is 11.9 Å². The predicted molar refractivity (Wildman–Crippen MR) is 117 cm³/mol. The average Bonchev–Trinajstić information content (AvgIpc) is 3.14. The van der Waals surface area contributed by atoms with Gasteiger partial charge >= 0.3 is 5.97 Å². The number of aryl methyl sites for hydroxylation is 1. The van der Waals surface area contributed by atoms with E-state index in [4.69, 9.17) is 10.5 Å². The van der Waals surface area contributed by atoms with Crippen LogP contribution in [0.1, 0.15) is 31.7 Å². The van der Waals surface area contributed by atoms with Crippen molar-refractivity contribution in [2.24, 2.45) is 0 Å². The van der Waals surface area contributed by atoms with Crippen LogP contribution in [0.25, 0.3) is 0 Å². The zero-order valence-corrected chi connectivity index (χ0v) is 18.4. The molecular formula is C20H29BrN6O2. The Kier molecular flexibility index (Phi) is 7.88. The summed E-state index contributed by atoms with van der Waals surface area (Å²) < 4.78 is 6.22. The van der Waals surface area contributed by atoms with Crippen LogP contribution in [0.2, 0.25) is 0 Å². The van der Waals surface area contributed by atoms with Crippen molar-refractivity contribution in [2.45, 2.75) is 38.6 Å². The second kappa shape index (κ2) is 10.6. The largest absolute Gasteiger partial charge is 0.466 e. The van der Waals surface area contributed by atoms with Crippen molar-refractivity contribution in [2.75, 3.05) is 43.4 Å². The van der Waals surface area contributed by atoms with Gasteiger partial charge in [-0.15, -0.1) is 5.10 Å². The van der Waals surface area contributed by atoms with E-state index in [1.165, 1.54) is 12.5 Å². The summed E-state index contributed by atoms with van der Waals surface area (Å²) in [7, 11) is 0. The Labute approximate surface area is 179 Å². The van der Waals surface area contributed by atoms with Crippen LogP contribution >= 0.6 is 15.9 Å². The van der Waals surface area contributed by atoms with Gasteiger partial charge in [-0.1, -0.05) is 28.1 Å². The minimum Gasteiger partial charge on any atom is -0.466 e. The molecule has 158 valence electrons. The normalized spacial score (nSPS) is 17.4. The van der Waals surface area contributed by atoms with Crippen molar-refractivity contribution in [3.05, 3.63) is 34.3 Å². The van der Waals surface area contributed by atoms with E-state index in [2.05, 4.69) is 65.2 Å². The third-order valence-electron chi connectivity index (χ3n) is 5.21. The maximum atomic E-state index is 11.0. The van der Waals surface area contributed by atoms with Gasteiger partial charge in [-0.05, 0) is 49.9 Å². The molecule has 0 radical (unpaired) electrons. The van der Waals surface area contributed by atoms with E-state index in [9.17, 15) is 4.79 Å². The highest BCUT2D eigenvalue weighted by molar-refractivity contribution is 9.10. The molecule has 1 aromatic heterocycles. The number of benzene rings is 1. The third-order valence-corrected chi connectivity index (χ3v) is 5.73. The molecule has 0 aliphatic carbocycles. The van der Waals surface area contributed by atoms with Gasteiger partial charge < -0.3 is 15.4 Å². The minimum atomic E-state index is -0.223. The molecule has 8 nitrogen and oxygen atoms in total. The molecular weight excluding hydrogens is 436 g/mol. The monoisotopic (exact) mass is 464 g/mol. The highest BCUT2D eigenvalue weighted by Gasteiger charge is 2.28. The number of anilines is 2. The molecule has 1 fully saturated rings. The Bertz CT molecular complexity index is 782.